The summed E-state index contributed by atoms with van der Waals surface area (Å²) in [6, 6.07) is 53.5. The van der Waals surface area contributed by atoms with E-state index in [0.717, 1.165) is 38.9 Å². The lowest BCUT2D eigenvalue weighted by Crippen LogP contribution is -2.19. The lowest BCUT2D eigenvalue weighted by atomic mass is 9.93. The molecule has 2 amide bonds. The van der Waals surface area contributed by atoms with Gasteiger partial charge in [0.2, 0.25) is 0 Å². The standard InChI is InChI=1S/C55H48N4O6S2/c1-36-15-14-19-45(32-36)58-66(62,63)52-34-43(27-26-38(52)3)54(60)57-51-24-13-11-22-48(51)46-20-9-8-18-41(46)33-42-28-29-44(35-53(42)67(64,65)59-49-30-25-37(2)31-39(49)4)55(61)56-50-23-12-10-21-47(50)40-16-6-5-7-17-40/h5-32,34-35,58-59H,33H2,1-4H3,(H,56,61)(H,57,60). The van der Waals surface area contributed by atoms with Gasteiger partial charge in [-0.3, -0.25) is 19.0 Å². The molecule has 12 heteroatoms. The maximum absolute atomic E-state index is 14.6. The van der Waals surface area contributed by atoms with Crippen LogP contribution in [-0.2, 0) is 26.5 Å². The Morgan fingerprint density at radius 3 is 1.67 bits per heavy atom. The van der Waals surface area contributed by atoms with Crippen LogP contribution >= 0.6 is 0 Å². The summed E-state index contributed by atoms with van der Waals surface area (Å²) in [6.07, 6.45) is 0.132. The highest BCUT2D eigenvalue weighted by Gasteiger charge is 2.25. The largest absolute Gasteiger partial charge is 0.321 e. The number of sulfonamides is 2. The van der Waals surface area contributed by atoms with Crippen molar-refractivity contribution in [1.82, 2.24) is 0 Å². The third-order valence-electron chi connectivity index (χ3n) is 11.4. The molecule has 10 nitrogen and oxygen atoms in total. The number of benzene rings is 8. The van der Waals surface area contributed by atoms with Crippen LogP contribution in [0.3, 0.4) is 0 Å². The molecule has 8 rings (SSSR count). The highest BCUT2D eigenvalue weighted by atomic mass is 32.2. The molecule has 0 aromatic heterocycles. The van der Waals surface area contributed by atoms with Gasteiger partial charge in [0.1, 0.15) is 0 Å². The van der Waals surface area contributed by atoms with Gasteiger partial charge in [-0.1, -0.05) is 133 Å². The molecule has 0 spiro atoms. The monoisotopic (exact) mass is 924 g/mol. The molecule has 4 N–H and O–H groups in total. The molecular weight excluding hydrogens is 877 g/mol. The zero-order valence-electron chi connectivity index (χ0n) is 37.3. The van der Waals surface area contributed by atoms with E-state index in [-0.39, 0.29) is 27.3 Å². The Morgan fingerprint density at radius 1 is 0.418 bits per heavy atom. The van der Waals surface area contributed by atoms with Crippen LogP contribution in [0.15, 0.2) is 192 Å². The first-order valence-electron chi connectivity index (χ1n) is 21.5. The normalized spacial score (nSPS) is 11.4. The van der Waals surface area contributed by atoms with E-state index < -0.39 is 31.9 Å². The van der Waals surface area contributed by atoms with Crippen molar-refractivity contribution in [3.05, 3.63) is 226 Å². The van der Waals surface area contributed by atoms with Crippen LogP contribution in [0, 0.1) is 27.7 Å². The molecule has 0 aliphatic rings. The Bertz CT molecular complexity index is 3410. The molecule has 8 aromatic carbocycles. The van der Waals surface area contributed by atoms with Gasteiger partial charge in [0.25, 0.3) is 31.9 Å². The Balaban J connectivity index is 1.12. The van der Waals surface area contributed by atoms with Gasteiger partial charge in [-0.2, -0.15) is 0 Å². The first-order valence-corrected chi connectivity index (χ1v) is 24.5. The summed E-state index contributed by atoms with van der Waals surface area (Å²) in [5.41, 5.74) is 9.48. The molecule has 0 unspecified atom stereocenters. The van der Waals surface area contributed by atoms with Gasteiger partial charge in [-0.15, -0.1) is 0 Å². The molecule has 0 heterocycles. The van der Waals surface area contributed by atoms with Crippen molar-refractivity contribution < 1.29 is 26.4 Å². The minimum atomic E-state index is -4.28. The first kappa shape index (κ1) is 45.8. The minimum absolute atomic E-state index is 0.0291. The first-order chi connectivity index (χ1) is 32.1. The minimum Gasteiger partial charge on any atom is -0.321 e. The highest BCUT2D eigenvalue weighted by molar-refractivity contribution is 7.93. The zero-order chi connectivity index (χ0) is 47.3. The van der Waals surface area contributed by atoms with Crippen LogP contribution in [0.4, 0.5) is 22.7 Å². The number of nitrogens with one attached hydrogen (secondary N) is 4. The number of anilines is 4. The maximum atomic E-state index is 14.6. The summed E-state index contributed by atoms with van der Waals surface area (Å²) in [5.74, 6) is -1.01. The smallest absolute Gasteiger partial charge is 0.262 e. The van der Waals surface area contributed by atoms with Crippen LogP contribution < -0.4 is 20.1 Å². The predicted octanol–water partition coefficient (Wildman–Crippen LogP) is 12.0. The van der Waals surface area contributed by atoms with Crippen LogP contribution in [-0.4, -0.2) is 28.6 Å². The lowest BCUT2D eigenvalue weighted by Gasteiger charge is -2.18. The summed E-state index contributed by atoms with van der Waals surface area (Å²) < 4.78 is 61.7. The summed E-state index contributed by atoms with van der Waals surface area (Å²) >= 11 is 0. The molecule has 0 atom stereocenters. The summed E-state index contributed by atoms with van der Waals surface area (Å²) in [6.45, 7) is 7.30. The number of aryl methyl sites for hydroxylation is 4. The van der Waals surface area contributed by atoms with Crippen molar-refractivity contribution >= 4 is 54.6 Å². The van der Waals surface area contributed by atoms with Crippen molar-refractivity contribution in [1.29, 1.82) is 0 Å². The Morgan fingerprint density at radius 2 is 0.985 bits per heavy atom. The fraction of sp³-hybridized carbons (Fsp3) is 0.0909. The van der Waals surface area contributed by atoms with Crippen molar-refractivity contribution in [3.8, 4) is 22.3 Å². The van der Waals surface area contributed by atoms with Gasteiger partial charge in [0.05, 0.1) is 15.5 Å². The van der Waals surface area contributed by atoms with Crippen molar-refractivity contribution in [2.24, 2.45) is 0 Å². The quantitative estimate of drug-likeness (QED) is 0.0853. The van der Waals surface area contributed by atoms with Gasteiger partial charge in [-0.25, -0.2) is 16.8 Å². The van der Waals surface area contributed by atoms with Crippen molar-refractivity contribution in [2.45, 2.75) is 43.9 Å². The van der Waals surface area contributed by atoms with E-state index in [2.05, 4.69) is 20.1 Å². The number of hydrogen-bond donors (Lipinski definition) is 4. The molecule has 0 bridgehead atoms. The van der Waals surface area contributed by atoms with Crippen molar-refractivity contribution in [3.63, 3.8) is 0 Å². The maximum Gasteiger partial charge on any atom is 0.262 e. The molecule has 336 valence electrons. The highest BCUT2D eigenvalue weighted by Crippen LogP contribution is 2.35. The number of amides is 2. The second kappa shape index (κ2) is 19.4. The van der Waals surface area contributed by atoms with Crippen LogP contribution in [0.1, 0.15) is 54.1 Å². The molecule has 0 aliphatic carbocycles. The van der Waals surface area contributed by atoms with E-state index in [4.69, 9.17) is 0 Å². The summed E-state index contributed by atoms with van der Waals surface area (Å²) in [7, 11) is -8.33. The Hall–Kier alpha value is -7.80. The van der Waals surface area contributed by atoms with Gasteiger partial charge in [0, 0.05) is 39.3 Å². The van der Waals surface area contributed by atoms with E-state index in [1.54, 1.807) is 73.7 Å². The molecule has 0 aliphatic heterocycles. The van der Waals surface area contributed by atoms with Crippen molar-refractivity contribution in [2.75, 3.05) is 20.1 Å². The Kier molecular flexibility index (Phi) is 13.2. The van der Waals surface area contributed by atoms with E-state index in [0.29, 0.717) is 39.4 Å². The van der Waals surface area contributed by atoms with Crippen LogP contribution in [0.2, 0.25) is 0 Å². The molecular formula is C55H48N4O6S2. The van der Waals surface area contributed by atoms with E-state index in [1.165, 1.54) is 12.1 Å². The van der Waals surface area contributed by atoms with E-state index in [9.17, 15) is 26.4 Å². The summed E-state index contributed by atoms with van der Waals surface area (Å²) in [5, 5.41) is 6.00. The van der Waals surface area contributed by atoms with E-state index in [1.807, 2.05) is 124 Å². The predicted molar refractivity (Wildman–Crippen MR) is 269 cm³/mol. The average molecular weight is 925 g/mol. The molecule has 0 radical (unpaired) electrons. The van der Waals surface area contributed by atoms with Crippen LogP contribution in [0.25, 0.3) is 22.3 Å². The number of hydrogen-bond acceptors (Lipinski definition) is 6. The molecule has 0 saturated heterocycles. The second-order valence-electron chi connectivity index (χ2n) is 16.4. The zero-order valence-corrected chi connectivity index (χ0v) is 38.9. The third kappa shape index (κ3) is 10.5. The molecule has 0 fully saturated rings. The van der Waals surface area contributed by atoms with Gasteiger partial charge in [0.15, 0.2) is 0 Å². The number of rotatable bonds is 14. The van der Waals surface area contributed by atoms with Crippen LogP contribution in [0.5, 0.6) is 0 Å². The van der Waals surface area contributed by atoms with Gasteiger partial charge < -0.3 is 10.6 Å². The second-order valence-corrected chi connectivity index (χ2v) is 19.7. The number of para-hydroxylation sites is 2. The molecule has 67 heavy (non-hydrogen) atoms. The lowest BCUT2D eigenvalue weighted by molar-refractivity contribution is 0.101. The fourth-order valence-electron chi connectivity index (χ4n) is 7.99. The molecule has 0 saturated carbocycles. The molecule has 8 aromatic rings. The summed E-state index contributed by atoms with van der Waals surface area (Å²) in [4.78, 5) is 27.9. The average Bonchev–Trinajstić information content (AvgIpc) is 3.31. The van der Waals surface area contributed by atoms with Gasteiger partial charge in [-0.05, 0) is 128 Å². The SMILES string of the molecule is Cc1cccc(NS(=O)(=O)c2cc(C(=O)Nc3ccccc3-c3ccccc3Cc3ccc(C(=O)Nc4ccccc4-c4ccccc4)cc3S(=O)(=O)Nc3ccc(C)cc3C)ccc2C)c1. The topological polar surface area (TPSA) is 151 Å². The number of carbonyl (C=O) groups excluding carboxylic acids is 2. The third-order valence-corrected chi connectivity index (χ3v) is 14.3. The Labute approximate surface area is 391 Å². The van der Waals surface area contributed by atoms with Gasteiger partial charge >= 0.3 is 0 Å². The van der Waals surface area contributed by atoms with E-state index >= 15 is 0 Å². The fourth-order valence-corrected chi connectivity index (χ4v) is 10.7. The number of carbonyl (C=O) groups is 2.